The van der Waals surface area contributed by atoms with Gasteiger partial charge in [0, 0.05) is 5.75 Å². The van der Waals surface area contributed by atoms with E-state index in [9.17, 15) is 4.79 Å². The molecule has 0 amide bonds. The summed E-state index contributed by atoms with van der Waals surface area (Å²) in [5.41, 5.74) is 0. The average Bonchev–Trinajstić information content (AvgIpc) is 2.07. The van der Waals surface area contributed by atoms with Crippen LogP contribution in [0.25, 0.3) is 0 Å². The van der Waals surface area contributed by atoms with E-state index >= 15 is 0 Å². The molecule has 1 saturated heterocycles. The highest BCUT2D eigenvalue weighted by Gasteiger charge is 2.24. The van der Waals surface area contributed by atoms with Crippen LogP contribution in [0.15, 0.2) is 0 Å². The molecule has 0 aromatic rings. The second-order valence-corrected chi connectivity index (χ2v) is 3.50. The highest BCUT2D eigenvalue weighted by molar-refractivity contribution is 7.80. The SMILES string of the molecule is O=C(O)[C@H](CS)N1CCCCC1. The first-order valence-electron chi connectivity index (χ1n) is 4.33. The lowest BCUT2D eigenvalue weighted by molar-refractivity contribution is -0.142. The molecule has 0 aromatic heterocycles. The third kappa shape index (κ3) is 2.38. The van der Waals surface area contributed by atoms with Gasteiger partial charge in [0.1, 0.15) is 6.04 Å². The van der Waals surface area contributed by atoms with E-state index < -0.39 is 5.97 Å². The van der Waals surface area contributed by atoms with E-state index in [-0.39, 0.29) is 6.04 Å². The first-order valence-corrected chi connectivity index (χ1v) is 4.96. The Bertz CT molecular complexity index is 157. The van der Waals surface area contributed by atoms with Crippen molar-refractivity contribution in [2.24, 2.45) is 0 Å². The molecule has 0 bridgehead atoms. The average molecular weight is 189 g/mol. The van der Waals surface area contributed by atoms with Crippen LogP contribution in [0.3, 0.4) is 0 Å². The van der Waals surface area contributed by atoms with E-state index in [1.54, 1.807) is 0 Å². The highest BCUT2D eigenvalue weighted by Crippen LogP contribution is 2.12. The van der Waals surface area contributed by atoms with Crippen LogP contribution < -0.4 is 0 Å². The molecule has 0 aliphatic carbocycles. The van der Waals surface area contributed by atoms with Crippen molar-refractivity contribution in [1.82, 2.24) is 4.90 Å². The van der Waals surface area contributed by atoms with Crippen molar-refractivity contribution in [3.05, 3.63) is 0 Å². The fraction of sp³-hybridized carbons (Fsp3) is 0.875. The van der Waals surface area contributed by atoms with Gasteiger partial charge in [0.15, 0.2) is 0 Å². The number of aliphatic carboxylic acids is 1. The predicted octanol–water partition coefficient (Wildman–Crippen LogP) is 0.855. The monoisotopic (exact) mass is 189 g/mol. The van der Waals surface area contributed by atoms with Gasteiger partial charge in [-0.05, 0) is 25.9 Å². The van der Waals surface area contributed by atoms with Gasteiger partial charge in [0.2, 0.25) is 0 Å². The maximum atomic E-state index is 10.7. The molecule has 1 aliphatic rings. The van der Waals surface area contributed by atoms with E-state index in [1.165, 1.54) is 6.42 Å². The van der Waals surface area contributed by atoms with Crippen LogP contribution in [0, 0.1) is 0 Å². The quantitative estimate of drug-likeness (QED) is 0.647. The third-order valence-corrected chi connectivity index (χ3v) is 2.64. The Kier molecular flexibility index (Phi) is 3.88. The Morgan fingerprint density at radius 2 is 2.00 bits per heavy atom. The van der Waals surface area contributed by atoms with Crippen molar-refractivity contribution in [2.45, 2.75) is 25.3 Å². The van der Waals surface area contributed by atoms with Gasteiger partial charge in [-0.15, -0.1) is 0 Å². The summed E-state index contributed by atoms with van der Waals surface area (Å²) in [4.78, 5) is 12.8. The summed E-state index contributed by atoms with van der Waals surface area (Å²) < 4.78 is 0. The maximum Gasteiger partial charge on any atom is 0.321 e. The van der Waals surface area contributed by atoms with Gasteiger partial charge in [0.05, 0.1) is 0 Å². The Balaban J connectivity index is 2.46. The molecule has 1 fully saturated rings. The molecule has 12 heavy (non-hydrogen) atoms. The van der Waals surface area contributed by atoms with Crippen molar-refractivity contribution in [2.75, 3.05) is 18.8 Å². The molecule has 0 saturated carbocycles. The van der Waals surface area contributed by atoms with Crippen molar-refractivity contribution in [3.63, 3.8) is 0 Å². The number of carboxylic acid groups (broad SMARTS) is 1. The standard InChI is InChI=1S/C8H15NO2S/c10-8(11)7(6-12)9-4-2-1-3-5-9/h7,12H,1-6H2,(H,10,11)/t7-/m0/s1. The number of hydrogen-bond donors (Lipinski definition) is 2. The molecular formula is C8H15NO2S. The Hall–Kier alpha value is -0.220. The van der Waals surface area contributed by atoms with Crippen LogP contribution in [0.5, 0.6) is 0 Å². The van der Waals surface area contributed by atoms with Crippen LogP contribution in [-0.4, -0.2) is 40.9 Å². The molecule has 0 aromatic carbocycles. The number of hydrogen-bond acceptors (Lipinski definition) is 3. The van der Waals surface area contributed by atoms with Gasteiger partial charge in [-0.3, -0.25) is 9.69 Å². The zero-order valence-electron chi connectivity index (χ0n) is 7.07. The van der Waals surface area contributed by atoms with E-state index in [4.69, 9.17) is 5.11 Å². The number of rotatable bonds is 3. The van der Waals surface area contributed by atoms with Crippen molar-refractivity contribution in [3.8, 4) is 0 Å². The molecule has 70 valence electrons. The number of piperidine rings is 1. The fourth-order valence-corrected chi connectivity index (χ4v) is 1.97. The van der Waals surface area contributed by atoms with Crippen molar-refractivity contribution < 1.29 is 9.90 Å². The first-order chi connectivity index (χ1) is 5.75. The minimum Gasteiger partial charge on any atom is -0.480 e. The van der Waals surface area contributed by atoms with E-state index in [1.807, 2.05) is 4.90 Å². The molecule has 1 rings (SSSR count). The molecule has 1 N–H and O–H groups in total. The van der Waals surface area contributed by atoms with Crippen LogP contribution in [0.4, 0.5) is 0 Å². The highest BCUT2D eigenvalue weighted by atomic mass is 32.1. The summed E-state index contributed by atoms with van der Waals surface area (Å²) in [6, 6.07) is -0.381. The Labute approximate surface area is 78.2 Å². The molecule has 3 nitrogen and oxygen atoms in total. The van der Waals surface area contributed by atoms with E-state index in [0.717, 1.165) is 25.9 Å². The lowest BCUT2D eigenvalue weighted by Gasteiger charge is -2.30. The molecule has 4 heteroatoms. The number of likely N-dealkylation sites (tertiary alicyclic amines) is 1. The smallest absolute Gasteiger partial charge is 0.321 e. The molecule has 0 spiro atoms. The second kappa shape index (κ2) is 4.72. The Morgan fingerprint density at radius 3 is 2.42 bits per heavy atom. The first kappa shape index (κ1) is 9.86. The van der Waals surface area contributed by atoms with Gasteiger partial charge >= 0.3 is 5.97 Å². The molecule has 1 aliphatic heterocycles. The lowest BCUT2D eigenvalue weighted by Crippen LogP contribution is -2.45. The van der Waals surface area contributed by atoms with Gasteiger partial charge in [-0.25, -0.2) is 0 Å². The summed E-state index contributed by atoms with van der Waals surface area (Å²) >= 11 is 4.04. The van der Waals surface area contributed by atoms with Crippen LogP contribution in [0.1, 0.15) is 19.3 Å². The van der Waals surface area contributed by atoms with Crippen molar-refractivity contribution >= 4 is 18.6 Å². The maximum absolute atomic E-state index is 10.7. The van der Waals surface area contributed by atoms with Gasteiger partial charge < -0.3 is 5.11 Å². The zero-order valence-corrected chi connectivity index (χ0v) is 7.96. The second-order valence-electron chi connectivity index (χ2n) is 3.13. The predicted molar refractivity (Wildman–Crippen MR) is 50.7 cm³/mol. The van der Waals surface area contributed by atoms with E-state index in [0.29, 0.717) is 5.75 Å². The van der Waals surface area contributed by atoms with Gasteiger partial charge in [-0.2, -0.15) is 12.6 Å². The summed E-state index contributed by atoms with van der Waals surface area (Å²) in [7, 11) is 0. The lowest BCUT2D eigenvalue weighted by atomic mass is 10.1. The summed E-state index contributed by atoms with van der Waals surface area (Å²) in [6.07, 6.45) is 3.48. The topological polar surface area (TPSA) is 40.5 Å². The minimum atomic E-state index is -0.744. The van der Waals surface area contributed by atoms with Crippen molar-refractivity contribution in [1.29, 1.82) is 0 Å². The van der Waals surface area contributed by atoms with E-state index in [2.05, 4.69) is 12.6 Å². The summed E-state index contributed by atoms with van der Waals surface area (Å²) in [5.74, 6) is -0.332. The summed E-state index contributed by atoms with van der Waals surface area (Å²) in [5, 5.41) is 8.83. The normalized spacial score (nSPS) is 22.1. The number of nitrogens with zero attached hydrogens (tertiary/aromatic N) is 1. The van der Waals surface area contributed by atoms with Gasteiger partial charge in [-0.1, -0.05) is 6.42 Å². The molecular weight excluding hydrogens is 174 g/mol. The molecule has 0 radical (unpaired) electrons. The summed E-state index contributed by atoms with van der Waals surface area (Å²) in [6.45, 7) is 1.83. The van der Waals surface area contributed by atoms with Gasteiger partial charge in [0.25, 0.3) is 0 Å². The van der Waals surface area contributed by atoms with Crippen LogP contribution in [-0.2, 0) is 4.79 Å². The molecule has 1 atom stereocenters. The fourth-order valence-electron chi connectivity index (χ4n) is 1.58. The molecule has 1 heterocycles. The Morgan fingerprint density at radius 1 is 1.42 bits per heavy atom. The largest absolute Gasteiger partial charge is 0.480 e. The molecule has 0 unspecified atom stereocenters. The van der Waals surface area contributed by atoms with Crippen LogP contribution in [0.2, 0.25) is 0 Å². The third-order valence-electron chi connectivity index (χ3n) is 2.29. The minimum absolute atomic E-state index is 0.381. The number of thiol groups is 1. The number of carboxylic acids is 1. The number of carbonyl (C=O) groups is 1. The van der Waals surface area contributed by atoms with Crippen LogP contribution >= 0.6 is 12.6 Å². The zero-order chi connectivity index (χ0) is 8.97.